The molecule has 43 heavy (non-hydrogen) atoms. The Kier molecular flexibility index (Phi) is 8.99. The first kappa shape index (κ1) is 31.3. The fourth-order valence-corrected chi connectivity index (χ4v) is 4.88. The van der Waals surface area contributed by atoms with Crippen LogP contribution >= 0.6 is 0 Å². The van der Waals surface area contributed by atoms with Crippen molar-refractivity contribution in [3.05, 3.63) is 113 Å². The normalized spacial score (nSPS) is 11.0. The Bertz CT molecular complexity index is 1950. The number of rotatable bonds is 7. The van der Waals surface area contributed by atoms with Crippen molar-refractivity contribution in [3.63, 3.8) is 0 Å². The Balaban J connectivity index is 0.00000423. The van der Waals surface area contributed by atoms with E-state index in [1.807, 2.05) is 0 Å². The second-order valence-corrected chi connectivity index (χ2v) is 10.7. The fraction of sp³-hybridized carbons (Fsp3) is 0. The average molecular weight is 607 g/mol. The summed E-state index contributed by atoms with van der Waals surface area (Å²) in [6, 6.07) is 21.1. The van der Waals surface area contributed by atoms with Crippen LogP contribution in [0.4, 0.5) is 11.4 Å². The maximum Gasteiger partial charge on any atom is 1.00 e. The molecule has 0 bridgehead atoms. The Morgan fingerprint density at radius 3 is 1.19 bits per heavy atom. The van der Waals surface area contributed by atoms with E-state index in [0.29, 0.717) is 21.5 Å². The molecule has 0 saturated heterocycles. The summed E-state index contributed by atoms with van der Waals surface area (Å²) in [5.74, 6) is -3.48. The van der Waals surface area contributed by atoms with Gasteiger partial charge in [0.1, 0.15) is 10.1 Å². The van der Waals surface area contributed by atoms with Crippen LogP contribution < -0.4 is 40.2 Å². The number of nitrogens with one attached hydrogen (secondary N) is 2. The third-order valence-corrected chi connectivity index (χ3v) is 7.22. The second kappa shape index (κ2) is 12.3. The van der Waals surface area contributed by atoms with Gasteiger partial charge in [0.15, 0.2) is 0 Å². The molecular weight excluding hydrogens is 587 g/mol. The van der Waals surface area contributed by atoms with Crippen LogP contribution in [0, 0.1) is 0 Å². The molecule has 0 spiro atoms. The summed E-state index contributed by atoms with van der Waals surface area (Å²) in [5, 5.41) is 25.7. The maximum absolute atomic E-state index is 13.0. The number of benzene rings is 5. The van der Waals surface area contributed by atoms with E-state index in [1.54, 1.807) is 24.3 Å². The van der Waals surface area contributed by atoms with Crippen molar-refractivity contribution in [3.8, 4) is 0 Å². The van der Waals surface area contributed by atoms with Gasteiger partial charge in [-0.05, 0) is 88.3 Å². The third-order valence-electron chi connectivity index (χ3n) is 6.41. The molecule has 0 fully saturated rings. The number of carboxylic acid groups (broad SMARTS) is 2. The quantitative estimate of drug-likeness (QED) is 0.158. The van der Waals surface area contributed by atoms with Crippen LogP contribution in [-0.2, 0) is 10.1 Å². The fourth-order valence-electron chi connectivity index (χ4n) is 4.33. The van der Waals surface area contributed by atoms with Crippen molar-refractivity contribution in [2.24, 2.45) is 0 Å². The number of carboxylic acids is 2. The van der Waals surface area contributed by atoms with Crippen molar-refractivity contribution in [1.82, 2.24) is 0 Å². The number of amides is 2. The number of carbonyl (C=O) groups excluding carboxylic acids is 2. The van der Waals surface area contributed by atoms with E-state index in [2.05, 4.69) is 10.6 Å². The summed E-state index contributed by atoms with van der Waals surface area (Å²) in [4.78, 5) is 47.7. The van der Waals surface area contributed by atoms with Crippen molar-refractivity contribution in [2.45, 2.75) is 4.90 Å². The van der Waals surface area contributed by atoms with Crippen molar-refractivity contribution in [1.29, 1.82) is 0 Å². The molecule has 0 unspecified atom stereocenters. The van der Waals surface area contributed by atoms with Gasteiger partial charge in [0, 0.05) is 22.5 Å². The molecule has 13 heteroatoms. The Labute approximate surface area is 266 Å². The molecule has 0 aliphatic carbocycles. The molecule has 0 heterocycles. The van der Waals surface area contributed by atoms with E-state index in [4.69, 9.17) is 10.2 Å². The van der Waals surface area contributed by atoms with E-state index < -0.39 is 38.8 Å². The van der Waals surface area contributed by atoms with E-state index in [9.17, 15) is 32.1 Å². The van der Waals surface area contributed by atoms with E-state index >= 15 is 0 Å². The summed E-state index contributed by atoms with van der Waals surface area (Å²) in [7, 11) is -4.98. The zero-order valence-corrected chi connectivity index (χ0v) is 25.1. The van der Waals surface area contributed by atoms with Crippen molar-refractivity contribution in [2.75, 3.05) is 10.6 Å². The molecule has 5 rings (SSSR count). The monoisotopic (exact) mass is 606 g/mol. The van der Waals surface area contributed by atoms with Gasteiger partial charge in [-0.3, -0.25) is 9.59 Å². The predicted molar refractivity (Wildman–Crippen MR) is 152 cm³/mol. The summed E-state index contributed by atoms with van der Waals surface area (Å²) < 4.78 is 35.5. The first-order chi connectivity index (χ1) is 19.9. The number of fused-ring (bicyclic) bond motifs is 2. The Morgan fingerprint density at radius 2 is 0.860 bits per heavy atom. The molecule has 210 valence electrons. The zero-order valence-electron chi connectivity index (χ0n) is 22.3. The summed E-state index contributed by atoms with van der Waals surface area (Å²) in [6.07, 6.45) is 0. The van der Waals surface area contributed by atoms with Gasteiger partial charge < -0.3 is 25.4 Å². The molecule has 5 aromatic carbocycles. The van der Waals surface area contributed by atoms with Gasteiger partial charge in [0.2, 0.25) is 0 Å². The number of anilines is 2. The minimum Gasteiger partial charge on any atom is -0.744 e. The van der Waals surface area contributed by atoms with E-state index in [1.165, 1.54) is 54.6 Å². The van der Waals surface area contributed by atoms with Crippen LogP contribution in [0.15, 0.2) is 95.9 Å². The Hall–Kier alpha value is -4.59. The van der Waals surface area contributed by atoms with Gasteiger partial charge in [0.05, 0.1) is 16.0 Å². The van der Waals surface area contributed by atoms with E-state index in [-0.39, 0.29) is 63.2 Å². The second-order valence-electron chi connectivity index (χ2n) is 9.27. The molecule has 0 atom stereocenters. The summed E-state index contributed by atoms with van der Waals surface area (Å²) in [6.45, 7) is 0. The van der Waals surface area contributed by atoms with Gasteiger partial charge in [-0.15, -0.1) is 0 Å². The van der Waals surface area contributed by atoms with Crippen LogP contribution in [0.5, 0.6) is 0 Å². The first-order valence-electron chi connectivity index (χ1n) is 12.2. The van der Waals surface area contributed by atoms with Crippen LogP contribution in [0.2, 0.25) is 0 Å². The third kappa shape index (κ3) is 7.08. The topological polar surface area (TPSA) is 190 Å². The number of aromatic carboxylic acids is 2. The van der Waals surface area contributed by atoms with Crippen LogP contribution in [0.1, 0.15) is 41.4 Å². The molecule has 11 nitrogen and oxygen atoms in total. The Morgan fingerprint density at radius 1 is 0.535 bits per heavy atom. The molecule has 0 saturated carbocycles. The standard InChI is InChI=1S/C30H20N2O9S.Na/c33-27(20-5-1-18-11-22(29(35)36)7-3-16(18)9-20)31-24-13-25(15-26(14-24)42(39,40)41)32-28(34)21-6-2-19-12-23(30(37)38)8-4-17(19)10-21;/h1-15H,(H,31,33)(H,32,34)(H,35,36)(H,37,38)(H,39,40,41);/q;+1/p-1. The minimum absolute atomic E-state index is 0. The zero-order chi connectivity index (χ0) is 30.2. The van der Waals surface area contributed by atoms with E-state index in [0.717, 1.165) is 12.1 Å². The number of hydrogen-bond donors (Lipinski definition) is 4. The van der Waals surface area contributed by atoms with Crippen LogP contribution in [0.25, 0.3) is 21.5 Å². The molecule has 0 aliphatic rings. The number of carbonyl (C=O) groups is 4. The molecule has 2 amide bonds. The smallest absolute Gasteiger partial charge is 0.744 e. The first-order valence-corrected chi connectivity index (χ1v) is 13.6. The SMILES string of the molecule is O=C(O)c1ccc2cc(C(=O)Nc3cc(NC(=O)c4ccc5cc(C(=O)O)ccc5c4)cc(S(=O)(=O)[O-])c3)ccc2c1.[Na+]. The summed E-state index contributed by atoms with van der Waals surface area (Å²) in [5.41, 5.74) is 0.367. The van der Waals surface area contributed by atoms with Gasteiger partial charge in [0.25, 0.3) is 11.8 Å². The predicted octanol–water partition coefficient (Wildman–Crippen LogP) is 1.80. The van der Waals surface area contributed by atoms with Gasteiger partial charge in [-0.25, -0.2) is 18.0 Å². The molecule has 0 radical (unpaired) electrons. The molecule has 4 N–H and O–H groups in total. The average Bonchev–Trinajstić information content (AvgIpc) is 2.95. The summed E-state index contributed by atoms with van der Waals surface area (Å²) >= 11 is 0. The molecular formula is C30H19N2NaO9S. The molecule has 5 aromatic rings. The van der Waals surface area contributed by atoms with Crippen molar-refractivity contribution >= 4 is 66.8 Å². The largest absolute Gasteiger partial charge is 1.00 e. The van der Waals surface area contributed by atoms with Gasteiger partial charge in [-0.2, -0.15) is 0 Å². The maximum atomic E-state index is 13.0. The van der Waals surface area contributed by atoms with Gasteiger partial charge in [-0.1, -0.05) is 24.3 Å². The minimum atomic E-state index is -4.98. The number of hydrogen-bond acceptors (Lipinski definition) is 7. The van der Waals surface area contributed by atoms with Crippen LogP contribution in [0.3, 0.4) is 0 Å². The van der Waals surface area contributed by atoms with Crippen molar-refractivity contribution < 1.29 is 71.9 Å². The van der Waals surface area contributed by atoms with Gasteiger partial charge >= 0.3 is 41.5 Å². The molecule has 0 aromatic heterocycles. The molecule has 0 aliphatic heterocycles. The van der Waals surface area contributed by atoms with Crippen LogP contribution in [-0.4, -0.2) is 46.9 Å².